The fourth-order valence-corrected chi connectivity index (χ4v) is 4.16. The lowest BCUT2D eigenvalue weighted by Crippen LogP contribution is -2.40. The van der Waals surface area contributed by atoms with Gasteiger partial charge in [-0.1, -0.05) is 13.8 Å². The highest BCUT2D eigenvalue weighted by Crippen LogP contribution is 2.40. The number of hydrogen-bond acceptors (Lipinski definition) is 3. The number of halogens is 1. The number of carboxylic acid groups (broad SMARTS) is 1. The zero-order valence-corrected chi connectivity index (χ0v) is 12.7. The molecule has 2 rings (SSSR count). The van der Waals surface area contributed by atoms with Crippen LogP contribution in [-0.2, 0) is 14.8 Å². The molecule has 0 aromatic heterocycles. The van der Waals surface area contributed by atoms with Crippen LogP contribution in [0, 0.1) is 17.2 Å². The highest BCUT2D eigenvalue weighted by Gasteiger charge is 2.50. The minimum absolute atomic E-state index is 0.0196. The topological polar surface area (TPSA) is 74.7 Å². The number of nitrogens with zero attached hydrogens (tertiary/aromatic N) is 1. The van der Waals surface area contributed by atoms with Crippen molar-refractivity contribution < 1.29 is 22.7 Å². The number of carboxylic acids is 1. The molecule has 7 heteroatoms. The number of benzene rings is 1. The van der Waals surface area contributed by atoms with Crippen LogP contribution in [0.4, 0.5) is 4.39 Å². The normalized spacial score (nSPS) is 23.6. The van der Waals surface area contributed by atoms with Crippen LogP contribution in [0.2, 0.25) is 0 Å². The molecule has 21 heavy (non-hydrogen) atoms. The van der Waals surface area contributed by atoms with E-state index in [1.165, 1.54) is 16.4 Å². The Bertz CT molecular complexity index is 641. The molecule has 1 heterocycles. The molecule has 0 radical (unpaired) electrons. The van der Waals surface area contributed by atoms with E-state index in [2.05, 4.69) is 0 Å². The van der Waals surface area contributed by atoms with E-state index in [0.717, 1.165) is 12.1 Å². The van der Waals surface area contributed by atoms with Crippen LogP contribution >= 0.6 is 0 Å². The maximum atomic E-state index is 12.9. The third-order valence-electron chi connectivity index (χ3n) is 4.25. The van der Waals surface area contributed by atoms with E-state index < -0.39 is 27.2 Å². The molecular formula is C14H18FNO4S. The Morgan fingerprint density at radius 3 is 2.33 bits per heavy atom. The largest absolute Gasteiger partial charge is 0.481 e. The Morgan fingerprint density at radius 1 is 1.33 bits per heavy atom. The molecular weight excluding hydrogens is 297 g/mol. The molecule has 5 nitrogen and oxygen atoms in total. The molecule has 0 saturated carbocycles. The van der Waals surface area contributed by atoms with Gasteiger partial charge < -0.3 is 5.11 Å². The van der Waals surface area contributed by atoms with Gasteiger partial charge >= 0.3 is 5.97 Å². The van der Waals surface area contributed by atoms with Crippen LogP contribution in [0.5, 0.6) is 0 Å². The standard InChI is InChI=1S/C14H18FNO4S/c1-10(2)14(13(17)18)7-8-16(9-14)21(19,20)12-5-3-11(15)4-6-12/h3-6,10H,7-9H2,1-2H3,(H,17,18). The molecule has 1 N–H and O–H groups in total. The predicted octanol–water partition coefficient (Wildman–Crippen LogP) is 1.95. The molecule has 1 aromatic carbocycles. The maximum Gasteiger partial charge on any atom is 0.311 e. The smallest absolute Gasteiger partial charge is 0.311 e. The second-order valence-electron chi connectivity index (χ2n) is 5.66. The van der Waals surface area contributed by atoms with Crippen LogP contribution in [0.15, 0.2) is 29.2 Å². The second-order valence-corrected chi connectivity index (χ2v) is 7.60. The van der Waals surface area contributed by atoms with E-state index in [0.29, 0.717) is 0 Å². The number of aliphatic carboxylic acids is 1. The molecule has 0 aliphatic carbocycles. The predicted molar refractivity (Wildman–Crippen MR) is 74.7 cm³/mol. The summed E-state index contributed by atoms with van der Waals surface area (Å²) in [5, 5.41) is 9.45. The van der Waals surface area contributed by atoms with Crippen LogP contribution in [0.3, 0.4) is 0 Å². The fraction of sp³-hybridized carbons (Fsp3) is 0.500. The van der Waals surface area contributed by atoms with Gasteiger partial charge in [0.15, 0.2) is 0 Å². The molecule has 1 unspecified atom stereocenters. The third kappa shape index (κ3) is 2.67. The highest BCUT2D eigenvalue weighted by atomic mass is 32.2. The summed E-state index contributed by atoms with van der Waals surface area (Å²) in [5.74, 6) is -1.67. The van der Waals surface area contributed by atoms with E-state index in [4.69, 9.17) is 0 Å². The van der Waals surface area contributed by atoms with Crippen LogP contribution in [-0.4, -0.2) is 36.9 Å². The average Bonchev–Trinajstić information content (AvgIpc) is 2.86. The van der Waals surface area contributed by atoms with Gasteiger partial charge in [-0.3, -0.25) is 4.79 Å². The van der Waals surface area contributed by atoms with E-state index in [-0.39, 0.29) is 30.3 Å². The molecule has 116 valence electrons. The van der Waals surface area contributed by atoms with E-state index >= 15 is 0 Å². The molecule has 1 atom stereocenters. The molecule has 0 bridgehead atoms. The first-order chi connectivity index (χ1) is 9.70. The van der Waals surface area contributed by atoms with Crippen molar-refractivity contribution in [3.05, 3.63) is 30.1 Å². The fourth-order valence-electron chi connectivity index (χ4n) is 2.65. The van der Waals surface area contributed by atoms with Gasteiger partial charge in [-0.25, -0.2) is 12.8 Å². The second kappa shape index (κ2) is 5.38. The molecule has 1 fully saturated rings. The van der Waals surface area contributed by atoms with Gasteiger partial charge in [0.25, 0.3) is 0 Å². The maximum absolute atomic E-state index is 12.9. The van der Waals surface area contributed by atoms with Gasteiger partial charge in [0, 0.05) is 13.1 Å². The summed E-state index contributed by atoms with van der Waals surface area (Å²) in [6, 6.07) is 4.55. The Labute approximate surface area is 123 Å². The molecule has 0 spiro atoms. The number of rotatable bonds is 4. The Balaban J connectivity index is 2.32. The summed E-state index contributed by atoms with van der Waals surface area (Å²) in [5.41, 5.74) is -1.06. The van der Waals surface area contributed by atoms with Gasteiger partial charge in [0.1, 0.15) is 5.82 Å². The first-order valence-electron chi connectivity index (χ1n) is 6.69. The first kappa shape index (κ1) is 15.9. The minimum atomic E-state index is -3.79. The minimum Gasteiger partial charge on any atom is -0.481 e. The van der Waals surface area contributed by atoms with Crippen LogP contribution in [0.25, 0.3) is 0 Å². The lowest BCUT2D eigenvalue weighted by Gasteiger charge is -2.28. The zero-order valence-electron chi connectivity index (χ0n) is 11.9. The van der Waals surface area contributed by atoms with E-state index in [1.807, 2.05) is 0 Å². The molecule has 1 aliphatic rings. The highest BCUT2D eigenvalue weighted by molar-refractivity contribution is 7.89. The van der Waals surface area contributed by atoms with Gasteiger partial charge in [0.05, 0.1) is 10.3 Å². The average molecular weight is 315 g/mol. The van der Waals surface area contributed by atoms with Gasteiger partial charge in [-0.15, -0.1) is 0 Å². The molecule has 0 amide bonds. The van der Waals surface area contributed by atoms with Crippen LogP contribution in [0.1, 0.15) is 20.3 Å². The van der Waals surface area contributed by atoms with Gasteiger partial charge in [-0.05, 0) is 36.6 Å². The lowest BCUT2D eigenvalue weighted by atomic mass is 9.77. The SMILES string of the molecule is CC(C)C1(C(=O)O)CCN(S(=O)(=O)c2ccc(F)cc2)C1. The summed E-state index contributed by atoms with van der Waals surface area (Å²) in [6.45, 7) is 3.66. The number of carbonyl (C=O) groups is 1. The number of sulfonamides is 1. The zero-order chi connectivity index (χ0) is 15.8. The number of hydrogen-bond donors (Lipinski definition) is 1. The van der Waals surface area contributed by atoms with E-state index in [1.54, 1.807) is 13.8 Å². The Hall–Kier alpha value is -1.47. The van der Waals surface area contributed by atoms with Crippen molar-refractivity contribution in [3.63, 3.8) is 0 Å². The summed E-state index contributed by atoms with van der Waals surface area (Å²) in [4.78, 5) is 11.5. The molecule has 1 saturated heterocycles. The summed E-state index contributed by atoms with van der Waals surface area (Å²) >= 11 is 0. The van der Waals surface area contributed by atoms with Gasteiger partial charge in [-0.2, -0.15) is 4.31 Å². The van der Waals surface area contributed by atoms with Crippen molar-refractivity contribution in [3.8, 4) is 0 Å². The first-order valence-corrected chi connectivity index (χ1v) is 8.13. The summed E-state index contributed by atoms with van der Waals surface area (Å²) in [6.07, 6.45) is 0.278. The Kier molecular flexibility index (Phi) is 4.08. The van der Waals surface area contributed by atoms with Gasteiger partial charge in [0.2, 0.25) is 10.0 Å². The van der Waals surface area contributed by atoms with E-state index in [9.17, 15) is 22.7 Å². The van der Waals surface area contributed by atoms with Crippen molar-refractivity contribution in [1.29, 1.82) is 0 Å². The van der Waals surface area contributed by atoms with Crippen molar-refractivity contribution in [2.75, 3.05) is 13.1 Å². The Morgan fingerprint density at radius 2 is 1.90 bits per heavy atom. The lowest BCUT2D eigenvalue weighted by molar-refractivity contribution is -0.150. The molecule has 1 aliphatic heterocycles. The van der Waals surface area contributed by atoms with Crippen molar-refractivity contribution in [2.24, 2.45) is 11.3 Å². The summed E-state index contributed by atoms with van der Waals surface area (Å²) < 4.78 is 39.1. The summed E-state index contributed by atoms with van der Waals surface area (Å²) in [7, 11) is -3.79. The van der Waals surface area contributed by atoms with Crippen molar-refractivity contribution >= 4 is 16.0 Å². The van der Waals surface area contributed by atoms with Crippen molar-refractivity contribution in [1.82, 2.24) is 4.31 Å². The third-order valence-corrected chi connectivity index (χ3v) is 6.11. The monoisotopic (exact) mass is 315 g/mol. The molecule has 1 aromatic rings. The van der Waals surface area contributed by atoms with Crippen molar-refractivity contribution in [2.45, 2.75) is 25.2 Å². The quantitative estimate of drug-likeness (QED) is 0.921. The van der Waals surface area contributed by atoms with Crippen LogP contribution < -0.4 is 0 Å².